The number of aryl methyl sites for hydroxylation is 2. The summed E-state index contributed by atoms with van der Waals surface area (Å²) in [6, 6.07) is 12.2. The summed E-state index contributed by atoms with van der Waals surface area (Å²) >= 11 is 0. The Hall–Kier alpha value is -3.15. The second-order valence-corrected chi connectivity index (χ2v) is 6.80. The Bertz CT molecular complexity index is 892. The van der Waals surface area contributed by atoms with Gasteiger partial charge < -0.3 is 11.1 Å². The lowest BCUT2D eigenvalue weighted by Gasteiger charge is -2.20. The molecule has 0 fully saturated rings. The van der Waals surface area contributed by atoms with E-state index in [1.54, 1.807) is 18.2 Å². The van der Waals surface area contributed by atoms with Gasteiger partial charge in [-0.2, -0.15) is 0 Å². The van der Waals surface area contributed by atoms with Gasteiger partial charge in [0, 0.05) is 5.69 Å². The number of nitrogens with one attached hydrogen (secondary N) is 2. The molecule has 0 saturated carbocycles. The van der Waals surface area contributed by atoms with Crippen molar-refractivity contribution in [1.29, 1.82) is 0 Å². The normalized spacial score (nSPS) is 14.0. The molecule has 27 heavy (non-hydrogen) atoms. The Labute approximate surface area is 158 Å². The summed E-state index contributed by atoms with van der Waals surface area (Å²) in [7, 11) is 0. The topological polar surface area (TPSA) is 101 Å². The van der Waals surface area contributed by atoms with E-state index >= 15 is 0 Å². The fraction of sp³-hybridized carbons (Fsp3) is 0.286. The van der Waals surface area contributed by atoms with Gasteiger partial charge in [0.15, 0.2) is 0 Å². The quantitative estimate of drug-likeness (QED) is 0.574. The summed E-state index contributed by atoms with van der Waals surface area (Å²) in [4.78, 5) is 36.3. The van der Waals surface area contributed by atoms with E-state index < -0.39 is 17.7 Å². The highest BCUT2D eigenvalue weighted by molar-refractivity contribution is 6.38. The van der Waals surface area contributed by atoms with Gasteiger partial charge in [0.05, 0.1) is 11.6 Å². The van der Waals surface area contributed by atoms with Crippen LogP contribution in [0.25, 0.3) is 0 Å². The third-order valence-electron chi connectivity index (χ3n) is 4.86. The summed E-state index contributed by atoms with van der Waals surface area (Å²) in [5.74, 6) is -2.56. The first kappa shape index (κ1) is 18.6. The Morgan fingerprint density at radius 3 is 2.41 bits per heavy atom. The van der Waals surface area contributed by atoms with Gasteiger partial charge >= 0.3 is 11.8 Å². The number of nitrogens with two attached hydrogens (primary N) is 1. The molecule has 6 heteroatoms. The highest BCUT2D eigenvalue weighted by Gasteiger charge is 2.21. The predicted molar refractivity (Wildman–Crippen MR) is 103 cm³/mol. The largest absolute Gasteiger partial charge is 0.398 e. The molecule has 0 radical (unpaired) electrons. The highest BCUT2D eigenvalue weighted by Crippen LogP contribution is 2.24. The van der Waals surface area contributed by atoms with Crippen LogP contribution in [0.3, 0.4) is 0 Å². The van der Waals surface area contributed by atoms with Gasteiger partial charge in [0.2, 0.25) is 0 Å². The number of carbonyl (C=O) groups is 3. The molecule has 0 aromatic heterocycles. The molecule has 0 aliphatic heterocycles. The van der Waals surface area contributed by atoms with Crippen molar-refractivity contribution in [1.82, 2.24) is 10.6 Å². The first-order chi connectivity index (χ1) is 13.0. The smallest absolute Gasteiger partial charge is 0.316 e. The zero-order chi connectivity index (χ0) is 19.4. The van der Waals surface area contributed by atoms with Crippen molar-refractivity contribution >= 4 is 23.4 Å². The molecule has 3 amide bonds. The number of anilines is 1. The lowest BCUT2D eigenvalue weighted by Crippen LogP contribution is -2.43. The van der Waals surface area contributed by atoms with Crippen LogP contribution >= 0.6 is 0 Å². The van der Waals surface area contributed by atoms with Crippen LogP contribution in [0.5, 0.6) is 0 Å². The number of imide groups is 1. The summed E-state index contributed by atoms with van der Waals surface area (Å²) in [6.45, 7) is 1.81. The molecule has 0 saturated heterocycles. The van der Waals surface area contributed by atoms with Crippen LogP contribution in [0.15, 0.2) is 42.5 Å². The predicted octanol–water partition coefficient (Wildman–Crippen LogP) is 2.28. The van der Waals surface area contributed by atoms with Crippen molar-refractivity contribution in [2.24, 2.45) is 0 Å². The van der Waals surface area contributed by atoms with E-state index in [1.165, 1.54) is 30.0 Å². The number of carbonyl (C=O) groups excluding carboxylic acids is 3. The standard InChI is InChI=1S/C21H23N3O3/c1-13(15-11-10-14-6-2-3-7-16(14)12-15)23-20(26)21(27)24-19(25)17-8-4-5-9-18(17)22/h4-5,8-13H,2-3,6-7,22H2,1H3,(H,23,26)(H,24,25,27). The Balaban J connectivity index is 1.61. The Morgan fingerprint density at radius 2 is 1.67 bits per heavy atom. The monoisotopic (exact) mass is 365 g/mol. The average Bonchev–Trinajstić information content (AvgIpc) is 2.67. The minimum absolute atomic E-state index is 0.154. The van der Waals surface area contributed by atoms with Gasteiger partial charge in [-0.15, -0.1) is 0 Å². The minimum atomic E-state index is -1.01. The molecular weight excluding hydrogens is 342 g/mol. The van der Waals surface area contributed by atoms with Gasteiger partial charge in [-0.05, 0) is 61.4 Å². The maximum Gasteiger partial charge on any atom is 0.316 e. The third kappa shape index (κ3) is 4.34. The Kier molecular flexibility index (Phi) is 5.54. The fourth-order valence-electron chi connectivity index (χ4n) is 3.30. The molecule has 0 heterocycles. The zero-order valence-electron chi connectivity index (χ0n) is 15.2. The maximum absolute atomic E-state index is 12.2. The second kappa shape index (κ2) is 8.03. The van der Waals surface area contributed by atoms with E-state index in [4.69, 9.17) is 5.73 Å². The van der Waals surface area contributed by atoms with Gasteiger partial charge in [0.1, 0.15) is 0 Å². The van der Waals surface area contributed by atoms with Crippen molar-refractivity contribution in [3.8, 4) is 0 Å². The van der Waals surface area contributed by atoms with E-state index in [0.29, 0.717) is 0 Å². The SMILES string of the molecule is CC(NC(=O)C(=O)NC(=O)c1ccccc1N)c1ccc2c(c1)CCCC2. The number of hydrogen-bond donors (Lipinski definition) is 3. The number of hydrogen-bond acceptors (Lipinski definition) is 4. The van der Waals surface area contributed by atoms with E-state index in [9.17, 15) is 14.4 Å². The van der Waals surface area contributed by atoms with Crippen molar-refractivity contribution in [3.05, 3.63) is 64.7 Å². The molecule has 3 rings (SSSR count). The first-order valence-electron chi connectivity index (χ1n) is 9.08. The highest BCUT2D eigenvalue weighted by atomic mass is 16.2. The Morgan fingerprint density at radius 1 is 0.963 bits per heavy atom. The molecule has 140 valence electrons. The van der Waals surface area contributed by atoms with E-state index in [0.717, 1.165) is 18.4 Å². The number of benzene rings is 2. The van der Waals surface area contributed by atoms with Gasteiger partial charge in [-0.3, -0.25) is 19.7 Å². The molecule has 1 unspecified atom stereocenters. The summed E-state index contributed by atoms with van der Waals surface area (Å²) in [5, 5.41) is 4.71. The van der Waals surface area contributed by atoms with Crippen LogP contribution < -0.4 is 16.4 Å². The minimum Gasteiger partial charge on any atom is -0.398 e. The van der Waals surface area contributed by atoms with Crippen LogP contribution in [0.2, 0.25) is 0 Å². The van der Waals surface area contributed by atoms with E-state index in [2.05, 4.69) is 22.8 Å². The van der Waals surface area contributed by atoms with Crippen molar-refractivity contribution < 1.29 is 14.4 Å². The number of amides is 3. The molecule has 1 aliphatic rings. The number of para-hydroxylation sites is 1. The van der Waals surface area contributed by atoms with Crippen LogP contribution in [0, 0.1) is 0 Å². The molecule has 2 aromatic rings. The summed E-state index contributed by atoms with van der Waals surface area (Å²) in [6.07, 6.45) is 4.50. The molecule has 1 atom stereocenters. The zero-order valence-corrected chi connectivity index (χ0v) is 15.2. The lowest BCUT2D eigenvalue weighted by atomic mass is 9.89. The van der Waals surface area contributed by atoms with E-state index in [-0.39, 0.29) is 17.3 Å². The molecule has 0 bridgehead atoms. The molecule has 2 aromatic carbocycles. The number of fused-ring (bicyclic) bond motifs is 1. The van der Waals surface area contributed by atoms with Crippen molar-refractivity contribution in [3.63, 3.8) is 0 Å². The van der Waals surface area contributed by atoms with Crippen molar-refractivity contribution in [2.45, 2.75) is 38.6 Å². The molecule has 0 spiro atoms. The molecule has 4 N–H and O–H groups in total. The number of rotatable bonds is 3. The van der Waals surface area contributed by atoms with Crippen LogP contribution in [-0.2, 0) is 22.4 Å². The lowest BCUT2D eigenvalue weighted by molar-refractivity contribution is -0.139. The second-order valence-electron chi connectivity index (χ2n) is 6.80. The first-order valence-corrected chi connectivity index (χ1v) is 9.08. The summed E-state index contributed by atoms with van der Waals surface area (Å²) in [5.41, 5.74) is 9.71. The van der Waals surface area contributed by atoms with Crippen LogP contribution in [-0.4, -0.2) is 17.7 Å². The number of nitrogen functional groups attached to an aromatic ring is 1. The molecule has 6 nitrogen and oxygen atoms in total. The van der Waals surface area contributed by atoms with Gasteiger partial charge in [0.25, 0.3) is 5.91 Å². The fourth-order valence-corrected chi connectivity index (χ4v) is 3.30. The average molecular weight is 365 g/mol. The molecular formula is C21H23N3O3. The van der Waals surface area contributed by atoms with Gasteiger partial charge in [-0.25, -0.2) is 0 Å². The van der Waals surface area contributed by atoms with Crippen LogP contribution in [0.4, 0.5) is 5.69 Å². The van der Waals surface area contributed by atoms with Gasteiger partial charge in [-0.1, -0.05) is 30.3 Å². The molecule has 1 aliphatic carbocycles. The third-order valence-corrected chi connectivity index (χ3v) is 4.86. The van der Waals surface area contributed by atoms with Crippen molar-refractivity contribution in [2.75, 3.05) is 5.73 Å². The van der Waals surface area contributed by atoms with Crippen LogP contribution in [0.1, 0.15) is 52.9 Å². The van der Waals surface area contributed by atoms with E-state index in [1.807, 2.05) is 13.0 Å². The maximum atomic E-state index is 12.2. The summed E-state index contributed by atoms with van der Waals surface area (Å²) < 4.78 is 0.